The minimum absolute atomic E-state index is 0.548. The van der Waals surface area contributed by atoms with Gasteiger partial charge in [0.1, 0.15) is 5.75 Å². The van der Waals surface area contributed by atoms with E-state index in [1.807, 2.05) is 24.1 Å². The van der Waals surface area contributed by atoms with Crippen LogP contribution in [0.15, 0.2) is 18.2 Å². The molecule has 1 aromatic rings. The highest BCUT2D eigenvalue weighted by Crippen LogP contribution is 2.24. The monoisotopic (exact) mass is 190 g/mol. The number of benzene rings is 1. The van der Waals surface area contributed by atoms with Gasteiger partial charge in [0, 0.05) is 30.6 Å². The standard InChI is InChI=1S/C11H14N2O/c1-4-5-13(2)10-6-9(12)7-11(8-10)14-3/h1,6-8H,5,12H2,2-3H3. The Hall–Kier alpha value is -1.82. The Balaban J connectivity index is 2.97. The summed E-state index contributed by atoms with van der Waals surface area (Å²) >= 11 is 0. The van der Waals surface area contributed by atoms with Gasteiger partial charge in [-0.2, -0.15) is 0 Å². The molecular formula is C11H14N2O. The lowest BCUT2D eigenvalue weighted by molar-refractivity contribution is 0.415. The van der Waals surface area contributed by atoms with Crippen molar-refractivity contribution in [3.8, 4) is 18.1 Å². The van der Waals surface area contributed by atoms with Crippen molar-refractivity contribution in [3.05, 3.63) is 18.2 Å². The zero-order chi connectivity index (χ0) is 10.6. The second-order valence-corrected chi connectivity index (χ2v) is 3.02. The highest BCUT2D eigenvalue weighted by Gasteiger charge is 2.02. The van der Waals surface area contributed by atoms with Crippen LogP contribution in [0, 0.1) is 12.3 Å². The first kappa shape index (κ1) is 10.3. The van der Waals surface area contributed by atoms with Crippen LogP contribution in [0.3, 0.4) is 0 Å². The third-order valence-corrected chi connectivity index (χ3v) is 1.92. The molecule has 0 atom stereocenters. The number of nitrogens with zero attached hydrogens (tertiary/aromatic N) is 1. The molecule has 0 aromatic heterocycles. The summed E-state index contributed by atoms with van der Waals surface area (Å²) in [5, 5.41) is 0. The molecule has 0 amide bonds. The average molecular weight is 190 g/mol. The fourth-order valence-corrected chi connectivity index (χ4v) is 1.17. The lowest BCUT2D eigenvalue weighted by atomic mass is 10.2. The third kappa shape index (κ3) is 2.33. The molecule has 0 saturated heterocycles. The Bertz CT molecular complexity index is 355. The summed E-state index contributed by atoms with van der Waals surface area (Å²) in [7, 11) is 3.52. The van der Waals surface area contributed by atoms with Crippen LogP contribution in [-0.2, 0) is 0 Å². The van der Waals surface area contributed by atoms with Gasteiger partial charge in [0.15, 0.2) is 0 Å². The predicted molar refractivity (Wildman–Crippen MR) is 59.5 cm³/mol. The number of hydrogen-bond donors (Lipinski definition) is 1. The molecule has 14 heavy (non-hydrogen) atoms. The summed E-state index contributed by atoms with van der Waals surface area (Å²) in [5.41, 5.74) is 7.34. The fourth-order valence-electron chi connectivity index (χ4n) is 1.17. The maximum atomic E-state index is 5.71. The topological polar surface area (TPSA) is 38.5 Å². The summed E-state index contributed by atoms with van der Waals surface area (Å²) in [4.78, 5) is 1.93. The number of rotatable bonds is 3. The number of anilines is 2. The van der Waals surface area contributed by atoms with Crippen molar-refractivity contribution < 1.29 is 4.74 Å². The minimum atomic E-state index is 0.548. The van der Waals surface area contributed by atoms with Gasteiger partial charge in [-0.15, -0.1) is 6.42 Å². The SMILES string of the molecule is C#CCN(C)c1cc(N)cc(OC)c1. The van der Waals surface area contributed by atoms with Gasteiger partial charge >= 0.3 is 0 Å². The summed E-state index contributed by atoms with van der Waals surface area (Å²) in [5.74, 6) is 3.31. The van der Waals surface area contributed by atoms with Gasteiger partial charge < -0.3 is 15.4 Å². The van der Waals surface area contributed by atoms with E-state index in [0.717, 1.165) is 11.4 Å². The number of ether oxygens (including phenoxy) is 1. The second kappa shape index (κ2) is 4.43. The van der Waals surface area contributed by atoms with E-state index in [1.165, 1.54) is 0 Å². The Labute approximate surface area is 84.5 Å². The van der Waals surface area contributed by atoms with E-state index in [0.29, 0.717) is 12.2 Å². The van der Waals surface area contributed by atoms with Gasteiger partial charge in [0.2, 0.25) is 0 Å². The van der Waals surface area contributed by atoms with Gasteiger partial charge in [-0.25, -0.2) is 0 Å². The van der Waals surface area contributed by atoms with E-state index in [1.54, 1.807) is 13.2 Å². The number of terminal acetylenes is 1. The maximum absolute atomic E-state index is 5.71. The van der Waals surface area contributed by atoms with Crippen molar-refractivity contribution in [1.82, 2.24) is 0 Å². The number of methoxy groups -OCH3 is 1. The van der Waals surface area contributed by atoms with Gasteiger partial charge in [0.05, 0.1) is 13.7 Å². The Kier molecular flexibility index (Phi) is 3.24. The highest BCUT2D eigenvalue weighted by molar-refractivity contribution is 5.60. The highest BCUT2D eigenvalue weighted by atomic mass is 16.5. The molecule has 0 unspecified atom stereocenters. The van der Waals surface area contributed by atoms with E-state index in [9.17, 15) is 0 Å². The molecule has 0 radical (unpaired) electrons. The second-order valence-electron chi connectivity index (χ2n) is 3.02. The molecule has 0 bridgehead atoms. The zero-order valence-electron chi connectivity index (χ0n) is 8.45. The van der Waals surface area contributed by atoms with E-state index in [4.69, 9.17) is 16.9 Å². The van der Waals surface area contributed by atoms with E-state index in [-0.39, 0.29) is 0 Å². The van der Waals surface area contributed by atoms with Crippen LogP contribution >= 0.6 is 0 Å². The molecule has 0 fully saturated rings. The molecule has 0 saturated carbocycles. The lowest BCUT2D eigenvalue weighted by Crippen LogP contribution is -2.17. The molecule has 0 heterocycles. The summed E-state index contributed by atoms with van der Waals surface area (Å²) < 4.78 is 5.11. The van der Waals surface area contributed by atoms with Crippen LogP contribution in [0.25, 0.3) is 0 Å². The molecule has 1 rings (SSSR count). The van der Waals surface area contributed by atoms with Crippen molar-refractivity contribution >= 4 is 11.4 Å². The molecular weight excluding hydrogens is 176 g/mol. The van der Waals surface area contributed by atoms with Crippen molar-refractivity contribution in [3.63, 3.8) is 0 Å². The molecule has 0 aliphatic rings. The molecule has 74 valence electrons. The number of nitrogen functional groups attached to an aromatic ring is 1. The average Bonchev–Trinajstić information content (AvgIpc) is 2.17. The normalized spacial score (nSPS) is 9.21. The summed E-state index contributed by atoms with van der Waals surface area (Å²) in [6.45, 7) is 0.548. The van der Waals surface area contributed by atoms with E-state index >= 15 is 0 Å². The quantitative estimate of drug-likeness (QED) is 0.577. The van der Waals surface area contributed by atoms with Crippen LogP contribution in [0.2, 0.25) is 0 Å². The molecule has 0 aliphatic heterocycles. The van der Waals surface area contributed by atoms with Crippen LogP contribution in [0.5, 0.6) is 5.75 Å². The smallest absolute Gasteiger partial charge is 0.122 e. The van der Waals surface area contributed by atoms with Crippen molar-refractivity contribution in [1.29, 1.82) is 0 Å². The molecule has 0 aliphatic carbocycles. The minimum Gasteiger partial charge on any atom is -0.497 e. The largest absolute Gasteiger partial charge is 0.497 e. The van der Waals surface area contributed by atoms with Gasteiger partial charge in [-0.1, -0.05) is 5.92 Å². The first-order chi connectivity index (χ1) is 6.67. The number of nitrogens with two attached hydrogens (primary N) is 1. The van der Waals surface area contributed by atoms with Crippen LogP contribution in [-0.4, -0.2) is 20.7 Å². The first-order valence-corrected chi connectivity index (χ1v) is 4.26. The molecule has 2 N–H and O–H groups in total. The van der Waals surface area contributed by atoms with Crippen molar-refractivity contribution in [2.75, 3.05) is 31.3 Å². The van der Waals surface area contributed by atoms with Gasteiger partial charge in [-0.05, 0) is 6.07 Å². The van der Waals surface area contributed by atoms with Crippen LogP contribution in [0.1, 0.15) is 0 Å². The summed E-state index contributed by atoms with van der Waals surface area (Å²) in [6, 6.07) is 5.53. The van der Waals surface area contributed by atoms with E-state index in [2.05, 4.69) is 5.92 Å². The fraction of sp³-hybridized carbons (Fsp3) is 0.273. The summed E-state index contributed by atoms with van der Waals surface area (Å²) in [6.07, 6.45) is 5.22. The molecule has 1 aromatic carbocycles. The van der Waals surface area contributed by atoms with Crippen LogP contribution in [0.4, 0.5) is 11.4 Å². The Morgan fingerprint density at radius 1 is 1.50 bits per heavy atom. The number of hydrogen-bond acceptors (Lipinski definition) is 3. The van der Waals surface area contributed by atoms with Gasteiger partial charge in [0.25, 0.3) is 0 Å². The lowest BCUT2D eigenvalue weighted by Gasteiger charge is -2.17. The Morgan fingerprint density at radius 3 is 2.79 bits per heavy atom. The van der Waals surface area contributed by atoms with Crippen LogP contribution < -0.4 is 15.4 Å². The third-order valence-electron chi connectivity index (χ3n) is 1.92. The van der Waals surface area contributed by atoms with Gasteiger partial charge in [-0.3, -0.25) is 0 Å². The molecule has 3 heteroatoms. The van der Waals surface area contributed by atoms with Crippen molar-refractivity contribution in [2.45, 2.75) is 0 Å². The molecule has 0 spiro atoms. The maximum Gasteiger partial charge on any atom is 0.122 e. The first-order valence-electron chi connectivity index (χ1n) is 4.26. The molecule has 3 nitrogen and oxygen atoms in total. The van der Waals surface area contributed by atoms with Crippen molar-refractivity contribution in [2.24, 2.45) is 0 Å². The van der Waals surface area contributed by atoms with E-state index < -0.39 is 0 Å². The zero-order valence-corrected chi connectivity index (χ0v) is 8.45. The predicted octanol–water partition coefficient (Wildman–Crippen LogP) is 1.35. The Morgan fingerprint density at radius 2 is 2.21 bits per heavy atom.